The van der Waals surface area contributed by atoms with Gasteiger partial charge in [0, 0.05) is 31.3 Å². The minimum Gasteiger partial charge on any atom is -0.487 e. The molecule has 188 valence electrons. The van der Waals surface area contributed by atoms with Crippen LogP contribution in [0.25, 0.3) is 0 Å². The Hall–Kier alpha value is -3.42. The highest BCUT2D eigenvalue weighted by Gasteiger charge is 2.36. The summed E-state index contributed by atoms with van der Waals surface area (Å²) in [5.74, 6) is -1.52. The molecule has 0 radical (unpaired) electrons. The average Bonchev–Trinajstić information content (AvgIpc) is 2.89. The Morgan fingerprint density at radius 2 is 1.81 bits per heavy atom. The highest BCUT2D eigenvalue weighted by molar-refractivity contribution is 6.32. The van der Waals surface area contributed by atoms with E-state index in [0.717, 1.165) is 5.56 Å². The smallest absolute Gasteiger partial charge is 0.303 e. The molecule has 0 unspecified atom stereocenters. The quantitative estimate of drug-likeness (QED) is 0.395. The lowest BCUT2D eigenvalue weighted by atomic mass is 9.82. The van der Waals surface area contributed by atoms with Crippen LogP contribution in [0.2, 0.25) is 5.02 Å². The maximum atomic E-state index is 13.7. The van der Waals surface area contributed by atoms with Gasteiger partial charge in [0.2, 0.25) is 0 Å². The van der Waals surface area contributed by atoms with Crippen molar-refractivity contribution in [1.82, 2.24) is 5.32 Å². The molecule has 0 aromatic heterocycles. The van der Waals surface area contributed by atoms with E-state index in [9.17, 15) is 19.1 Å². The van der Waals surface area contributed by atoms with E-state index < -0.39 is 17.3 Å². The second-order valence-corrected chi connectivity index (χ2v) is 9.17. The molecule has 0 atom stereocenters. The molecule has 1 amide bonds. The largest absolute Gasteiger partial charge is 0.487 e. The zero-order valence-electron chi connectivity index (χ0n) is 19.6. The van der Waals surface area contributed by atoms with Gasteiger partial charge >= 0.3 is 5.97 Å². The van der Waals surface area contributed by atoms with Crippen LogP contribution in [0.15, 0.2) is 66.7 Å². The molecule has 4 rings (SSSR count). The Morgan fingerprint density at radius 3 is 2.53 bits per heavy atom. The highest BCUT2D eigenvalue weighted by Crippen LogP contribution is 2.33. The van der Waals surface area contributed by atoms with Crippen molar-refractivity contribution in [2.75, 3.05) is 13.2 Å². The van der Waals surface area contributed by atoms with Crippen LogP contribution in [-0.2, 0) is 28.1 Å². The molecule has 3 aromatic rings. The number of carboxylic acid groups (broad SMARTS) is 1. The number of rotatable bonds is 9. The first-order valence-corrected chi connectivity index (χ1v) is 12.1. The molecule has 8 heteroatoms. The van der Waals surface area contributed by atoms with Crippen LogP contribution in [0, 0.1) is 5.82 Å². The minimum absolute atomic E-state index is 0.0559. The van der Waals surface area contributed by atoms with Gasteiger partial charge in [-0.15, -0.1) is 0 Å². The highest BCUT2D eigenvalue weighted by atomic mass is 35.5. The molecule has 0 aliphatic carbocycles. The summed E-state index contributed by atoms with van der Waals surface area (Å²) in [6, 6.07) is 18.8. The number of benzene rings is 3. The second kappa shape index (κ2) is 11.5. The number of hydrogen-bond donors (Lipinski definition) is 2. The lowest BCUT2D eigenvalue weighted by Gasteiger charge is -2.38. The SMILES string of the molecule is O=C(O)CCc1ccc(COc2cc(F)ccc2Cl)cc1C(=O)NC1(c2ccccc2)CCOCC1. The first-order chi connectivity index (χ1) is 17.4. The van der Waals surface area contributed by atoms with Crippen LogP contribution < -0.4 is 10.1 Å². The van der Waals surface area contributed by atoms with E-state index in [1.165, 1.54) is 18.2 Å². The minimum atomic E-state index is -0.945. The molecule has 1 heterocycles. The number of carboxylic acids is 1. The summed E-state index contributed by atoms with van der Waals surface area (Å²) in [5, 5.41) is 12.7. The normalized spacial score (nSPS) is 14.7. The lowest BCUT2D eigenvalue weighted by Crippen LogP contribution is -2.49. The summed E-state index contributed by atoms with van der Waals surface area (Å²) in [6.45, 7) is 1.09. The van der Waals surface area contributed by atoms with Gasteiger partial charge < -0.3 is 19.9 Å². The number of aliphatic carboxylic acids is 1. The van der Waals surface area contributed by atoms with Gasteiger partial charge in [0.1, 0.15) is 18.2 Å². The molecule has 36 heavy (non-hydrogen) atoms. The number of carbonyl (C=O) groups is 2. The number of aryl methyl sites for hydroxylation is 1. The lowest BCUT2D eigenvalue weighted by molar-refractivity contribution is -0.136. The van der Waals surface area contributed by atoms with Crippen molar-refractivity contribution in [2.45, 2.75) is 37.8 Å². The zero-order valence-corrected chi connectivity index (χ0v) is 20.4. The molecule has 0 bridgehead atoms. The maximum Gasteiger partial charge on any atom is 0.303 e. The predicted octanol–water partition coefficient (Wildman–Crippen LogP) is 5.51. The van der Waals surface area contributed by atoms with Gasteiger partial charge in [-0.2, -0.15) is 0 Å². The van der Waals surface area contributed by atoms with Crippen molar-refractivity contribution >= 4 is 23.5 Å². The van der Waals surface area contributed by atoms with Gasteiger partial charge in [-0.05, 0) is 54.2 Å². The van der Waals surface area contributed by atoms with Crippen molar-refractivity contribution in [3.05, 3.63) is 99.8 Å². The molecule has 1 fully saturated rings. The van der Waals surface area contributed by atoms with E-state index in [1.54, 1.807) is 18.2 Å². The van der Waals surface area contributed by atoms with Crippen LogP contribution in [-0.4, -0.2) is 30.2 Å². The summed E-state index contributed by atoms with van der Waals surface area (Å²) in [5.41, 5.74) is 2.07. The van der Waals surface area contributed by atoms with E-state index in [4.69, 9.17) is 21.1 Å². The fraction of sp³-hybridized carbons (Fsp3) is 0.286. The van der Waals surface area contributed by atoms with E-state index in [1.807, 2.05) is 30.3 Å². The topological polar surface area (TPSA) is 84.9 Å². The predicted molar refractivity (Wildman–Crippen MR) is 134 cm³/mol. The first kappa shape index (κ1) is 25.7. The molecular weight excluding hydrogens is 485 g/mol. The Kier molecular flexibility index (Phi) is 8.23. The van der Waals surface area contributed by atoms with Gasteiger partial charge in [-0.3, -0.25) is 9.59 Å². The van der Waals surface area contributed by atoms with Gasteiger partial charge in [0.25, 0.3) is 5.91 Å². The molecule has 1 aliphatic heterocycles. The zero-order chi connectivity index (χ0) is 25.5. The third-order valence-electron chi connectivity index (χ3n) is 6.34. The van der Waals surface area contributed by atoms with Gasteiger partial charge in [-0.25, -0.2) is 4.39 Å². The average molecular weight is 512 g/mol. The van der Waals surface area contributed by atoms with E-state index >= 15 is 0 Å². The van der Waals surface area contributed by atoms with Crippen LogP contribution >= 0.6 is 11.6 Å². The van der Waals surface area contributed by atoms with Gasteiger partial charge in [0.15, 0.2) is 0 Å². The number of amides is 1. The molecule has 1 aliphatic rings. The molecule has 0 saturated carbocycles. The summed E-state index contributed by atoms with van der Waals surface area (Å²) in [7, 11) is 0. The van der Waals surface area contributed by atoms with Gasteiger partial charge in [-0.1, -0.05) is 54.1 Å². The number of nitrogens with one attached hydrogen (secondary N) is 1. The van der Waals surface area contributed by atoms with Crippen LogP contribution in [0.5, 0.6) is 5.75 Å². The number of ether oxygens (including phenoxy) is 2. The summed E-state index contributed by atoms with van der Waals surface area (Å²) in [6.07, 6.45) is 1.34. The van der Waals surface area contributed by atoms with Crippen molar-refractivity contribution < 1.29 is 28.6 Å². The number of halogens is 2. The van der Waals surface area contributed by atoms with Crippen molar-refractivity contribution in [1.29, 1.82) is 0 Å². The number of carbonyl (C=O) groups excluding carboxylic acids is 1. The second-order valence-electron chi connectivity index (χ2n) is 8.76. The number of hydrogen-bond acceptors (Lipinski definition) is 4. The Labute approximate surface area is 214 Å². The van der Waals surface area contributed by atoms with E-state index in [2.05, 4.69) is 5.32 Å². The standard InChI is InChI=1S/C28H27ClFNO5/c29-24-10-9-22(30)17-25(24)36-18-19-6-7-20(8-11-26(32)33)23(16-19)27(34)31-28(12-14-35-15-13-28)21-4-2-1-3-5-21/h1-7,9-10,16-17H,8,11-15,18H2,(H,31,34)(H,32,33). The van der Waals surface area contributed by atoms with E-state index in [0.29, 0.717) is 42.7 Å². The molecule has 2 N–H and O–H groups in total. The van der Waals surface area contributed by atoms with Crippen molar-refractivity contribution in [3.63, 3.8) is 0 Å². The molecular formula is C28H27ClFNO5. The summed E-state index contributed by atoms with van der Waals surface area (Å²) >= 11 is 6.10. The fourth-order valence-corrected chi connectivity index (χ4v) is 4.55. The Balaban J connectivity index is 1.61. The van der Waals surface area contributed by atoms with Crippen molar-refractivity contribution in [3.8, 4) is 5.75 Å². The van der Waals surface area contributed by atoms with Crippen LogP contribution in [0.3, 0.4) is 0 Å². The Morgan fingerprint density at radius 1 is 1.06 bits per heavy atom. The first-order valence-electron chi connectivity index (χ1n) is 11.7. The third kappa shape index (κ3) is 6.22. The third-order valence-corrected chi connectivity index (χ3v) is 6.65. The fourth-order valence-electron chi connectivity index (χ4n) is 4.38. The molecule has 6 nitrogen and oxygen atoms in total. The summed E-state index contributed by atoms with van der Waals surface area (Å²) < 4.78 is 24.9. The van der Waals surface area contributed by atoms with Crippen LogP contribution in [0.1, 0.15) is 46.3 Å². The molecule has 0 spiro atoms. The van der Waals surface area contributed by atoms with Crippen molar-refractivity contribution in [2.24, 2.45) is 0 Å². The molecule has 3 aromatic carbocycles. The summed E-state index contributed by atoms with van der Waals surface area (Å²) in [4.78, 5) is 24.9. The monoisotopic (exact) mass is 511 g/mol. The Bertz CT molecular complexity index is 1230. The van der Waals surface area contributed by atoms with Crippen LogP contribution in [0.4, 0.5) is 4.39 Å². The maximum absolute atomic E-state index is 13.7. The van der Waals surface area contributed by atoms with Gasteiger partial charge in [0.05, 0.1) is 10.6 Å². The molecule has 1 saturated heterocycles. The van der Waals surface area contributed by atoms with E-state index in [-0.39, 0.29) is 36.1 Å².